The average molecular weight is 304 g/mol. The molecule has 1 heterocycles. The summed E-state index contributed by atoms with van der Waals surface area (Å²) in [6.07, 6.45) is -0.735. The topological polar surface area (TPSA) is 124 Å². The number of aromatic amines is 1. The van der Waals surface area contributed by atoms with Crippen molar-refractivity contribution in [2.75, 3.05) is 6.54 Å². The van der Waals surface area contributed by atoms with Gasteiger partial charge in [0, 0.05) is 11.9 Å². The highest BCUT2D eigenvalue weighted by Gasteiger charge is 2.14. The largest absolute Gasteiger partial charge is 0.392 e. The third-order valence-electron chi connectivity index (χ3n) is 2.96. The van der Waals surface area contributed by atoms with Crippen molar-refractivity contribution in [3.63, 3.8) is 0 Å². The molecule has 2 amide bonds. The lowest BCUT2D eigenvalue weighted by molar-refractivity contribution is -0.139. The molecule has 0 spiro atoms. The first-order valence-corrected chi connectivity index (χ1v) is 6.69. The van der Waals surface area contributed by atoms with E-state index in [-0.39, 0.29) is 18.6 Å². The van der Waals surface area contributed by atoms with Crippen LogP contribution in [-0.4, -0.2) is 39.8 Å². The van der Waals surface area contributed by atoms with Crippen LogP contribution in [0.2, 0.25) is 0 Å². The van der Waals surface area contributed by atoms with Gasteiger partial charge in [-0.25, -0.2) is 5.10 Å². The van der Waals surface area contributed by atoms with Crippen LogP contribution in [-0.2, 0) is 16.1 Å². The maximum atomic E-state index is 11.6. The maximum absolute atomic E-state index is 11.6. The summed E-state index contributed by atoms with van der Waals surface area (Å²) in [6, 6.07) is 6.84. The molecule has 1 aromatic heterocycles. The first kappa shape index (κ1) is 15.6. The standard InChI is InChI=1S/C14H16N4O4/c1-8(19)6-15-13(21)14(22)16-7-11-9-4-2-3-5-10(9)12(20)18-17-11/h2-5,8,19H,6-7H2,1H3,(H,15,21)(H,16,22)(H,18,20)/t8-/m1/s1. The SMILES string of the molecule is C[C@@H](O)CNC(=O)C(=O)NCc1n[nH]c(=O)c2ccccc12. The van der Waals surface area contributed by atoms with Crippen LogP contribution in [0.5, 0.6) is 0 Å². The fourth-order valence-electron chi connectivity index (χ4n) is 1.87. The Morgan fingerprint density at radius 2 is 1.86 bits per heavy atom. The van der Waals surface area contributed by atoms with Crippen molar-refractivity contribution in [2.24, 2.45) is 0 Å². The first-order valence-electron chi connectivity index (χ1n) is 6.69. The van der Waals surface area contributed by atoms with Crippen molar-refractivity contribution in [3.8, 4) is 0 Å². The number of carbonyl (C=O) groups is 2. The Morgan fingerprint density at radius 3 is 2.55 bits per heavy atom. The first-order chi connectivity index (χ1) is 10.5. The van der Waals surface area contributed by atoms with E-state index in [0.717, 1.165) is 0 Å². The summed E-state index contributed by atoms with van der Waals surface area (Å²) in [5.41, 5.74) is 0.132. The summed E-state index contributed by atoms with van der Waals surface area (Å²) in [5, 5.41) is 21.0. The van der Waals surface area contributed by atoms with Gasteiger partial charge in [0.15, 0.2) is 0 Å². The van der Waals surface area contributed by atoms with E-state index in [4.69, 9.17) is 5.11 Å². The number of hydrogen-bond donors (Lipinski definition) is 4. The Morgan fingerprint density at radius 1 is 1.23 bits per heavy atom. The fraction of sp³-hybridized carbons (Fsp3) is 0.286. The number of hydrogen-bond acceptors (Lipinski definition) is 5. The second kappa shape index (κ2) is 6.81. The number of nitrogens with zero attached hydrogens (tertiary/aromatic N) is 1. The van der Waals surface area contributed by atoms with Gasteiger partial charge in [0.05, 0.1) is 23.7 Å². The molecule has 1 atom stereocenters. The minimum Gasteiger partial charge on any atom is -0.392 e. The molecular formula is C14H16N4O4. The zero-order chi connectivity index (χ0) is 16.1. The minimum absolute atomic E-state index is 0.00176. The van der Waals surface area contributed by atoms with E-state index in [1.165, 1.54) is 6.92 Å². The van der Waals surface area contributed by atoms with E-state index in [1.807, 2.05) is 0 Å². The number of nitrogens with one attached hydrogen (secondary N) is 3. The quantitative estimate of drug-likeness (QED) is 0.541. The fourth-order valence-corrected chi connectivity index (χ4v) is 1.87. The van der Waals surface area contributed by atoms with E-state index < -0.39 is 17.9 Å². The number of amides is 2. The number of fused-ring (bicyclic) bond motifs is 1. The summed E-state index contributed by atoms with van der Waals surface area (Å²) in [6.45, 7) is 1.48. The number of carbonyl (C=O) groups excluding carboxylic acids is 2. The van der Waals surface area contributed by atoms with E-state index in [1.54, 1.807) is 24.3 Å². The van der Waals surface area contributed by atoms with Crippen LogP contribution in [0.15, 0.2) is 29.1 Å². The minimum atomic E-state index is -0.838. The number of rotatable bonds is 4. The second-order valence-corrected chi connectivity index (χ2v) is 4.79. The molecule has 8 heteroatoms. The molecule has 0 aliphatic carbocycles. The van der Waals surface area contributed by atoms with Gasteiger partial charge >= 0.3 is 11.8 Å². The van der Waals surface area contributed by atoms with Crippen molar-refractivity contribution in [1.82, 2.24) is 20.8 Å². The molecule has 1 aromatic carbocycles. The smallest absolute Gasteiger partial charge is 0.309 e. The van der Waals surface area contributed by atoms with Gasteiger partial charge in [-0.15, -0.1) is 0 Å². The number of H-pyrrole nitrogens is 1. The molecule has 2 aromatic rings. The van der Waals surface area contributed by atoms with Gasteiger partial charge in [-0.2, -0.15) is 5.10 Å². The van der Waals surface area contributed by atoms with Crippen LogP contribution in [0.4, 0.5) is 0 Å². The normalized spacial score (nSPS) is 11.9. The molecule has 0 radical (unpaired) electrons. The predicted molar refractivity (Wildman–Crippen MR) is 78.9 cm³/mol. The molecule has 0 aliphatic heterocycles. The van der Waals surface area contributed by atoms with Gasteiger partial charge in [-0.05, 0) is 13.0 Å². The highest BCUT2D eigenvalue weighted by Crippen LogP contribution is 2.11. The van der Waals surface area contributed by atoms with Crippen molar-refractivity contribution in [3.05, 3.63) is 40.3 Å². The van der Waals surface area contributed by atoms with E-state index in [2.05, 4.69) is 20.8 Å². The molecule has 4 N–H and O–H groups in total. The van der Waals surface area contributed by atoms with E-state index >= 15 is 0 Å². The summed E-state index contributed by atoms with van der Waals surface area (Å²) < 4.78 is 0. The molecule has 8 nitrogen and oxygen atoms in total. The number of aliphatic hydroxyl groups is 1. The summed E-state index contributed by atoms with van der Waals surface area (Å²) in [7, 11) is 0. The summed E-state index contributed by atoms with van der Waals surface area (Å²) >= 11 is 0. The Kier molecular flexibility index (Phi) is 4.84. The predicted octanol–water partition coefficient (Wildman–Crippen LogP) is -0.964. The van der Waals surface area contributed by atoms with Crippen LogP contribution in [0.3, 0.4) is 0 Å². The van der Waals surface area contributed by atoms with Gasteiger partial charge in [-0.3, -0.25) is 14.4 Å². The average Bonchev–Trinajstić information content (AvgIpc) is 2.52. The number of aliphatic hydroxyl groups excluding tert-OH is 1. The van der Waals surface area contributed by atoms with Gasteiger partial charge in [-0.1, -0.05) is 18.2 Å². The molecule has 116 valence electrons. The van der Waals surface area contributed by atoms with Gasteiger partial charge in [0.25, 0.3) is 5.56 Å². The highest BCUT2D eigenvalue weighted by atomic mass is 16.3. The Bertz CT molecular complexity index is 754. The molecule has 0 fully saturated rings. The zero-order valence-corrected chi connectivity index (χ0v) is 11.9. The molecular weight excluding hydrogens is 288 g/mol. The van der Waals surface area contributed by atoms with E-state index in [9.17, 15) is 14.4 Å². The Labute approximate surface area is 125 Å². The van der Waals surface area contributed by atoms with Crippen LogP contribution < -0.4 is 16.2 Å². The van der Waals surface area contributed by atoms with Crippen molar-refractivity contribution >= 4 is 22.6 Å². The van der Waals surface area contributed by atoms with Crippen LogP contribution in [0.1, 0.15) is 12.6 Å². The lowest BCUT2D eigenvalue weighted by Gasteiger charge is -2.08. The summed E-state index contributed by atoms with van der Waals surface area (Å²) in [5.74, 6) is -1.67. The Hall–Kier alpha value is -2.74. The van der Waals surface area contributed by atoms with Crippen molar-refractivity contribution in [1.29, 1.82) is 0 Å². The molecule has 22 heavy (non-hydrogen) atoms. The number of aromatic nitrogens is 2. The van der Waals surface area contributed by atoms with Gasteiger partial charge in [0.2, 0.25) is 0 Å². The molecule has 0 bridgehead atoms. The Balaban J connectivity index is 2.06. The van der Waals surface area contributed by atoms with Crippen LogP contribution in [0, 0.1) is 0 Å². The van der Waals surface area contributed by atoms with Crippen LogP contribution in [0.25, 0.3) is 10.8 Å². The van der Waals surface area contributed by atoms with Crippen molar-refractivity contribution < 1.29 is 14.7 Å². The van der Waals surface area contributed by atoms with Crippen LogP contribution >= 0.6 is 0 Å². The molecule has 2 rings (SSSR count). The lowest BCUT2D eigenvalue weighted by atomic mass is 10.1. The third-order valence-corrected chi connectivity index (χ3v) is 2.96. The van der Waals surface area contributed by atoms with Crippen molar-refractivity contribution in [2.45, 2.75) is 19.6 Å². The molecule has 0 aliphatic rings. The molecule has 0 unspecified atom stereocenters. The lowest BCUT2D eigenvalue weighted by Crippen LogP contribution is -2.42. The monoisotopic (exact) mass is 304 g/mol. The molecule has 0 saturated carbocycles. The zero-order valence-electron chi connectivity index (χ0n) is 11.9. The van der Waals surface area contributed by atoms with Gasteiger partial charge < -0.3 is 15.7 Å². The third kappa shape index (κ3) is 3.67. The maximum Gasteiger partial charge on any atom is 0.309 e. The second-order valence-electron chi connectivity index (χ2n) is 4.79. The number of benzene rings is 1. The highest BCUT2D eigenvalue weighted by molar-refractivity contribution is 6.35. The summed E-state index contributed by atoms with van der Waals surface area (Å²) in [4.78, 5) is 34.7. The molecule has 0 saturated heterocycles. The van der Waals surface area contributed by atoms with E-state index in [0.29, 0.717) is 16.5 Å². The van der Waals surface area contributed by atoms with Gasteiger partial charge in [0.1, 0.15) is 0 Å².